The molecule has 6 heteroatoms. The van der Waals surface area contributed by atoms with Crippen LogP contribution < -0.4 is 10.6 Å². The monoisotopic (exact) mass is 250 g/mol. The van der Waals surface area contributed by atoms with E-state index in [0.717, 1.165) is 18.8 Å². The zero-order valence-electron chi connectivity index (χ0n) is 10.3. The molecule has 1 saturated heterocycles. The molecule has 2 unspecified atom stereocenters. The van der Waals surface area contributed by atoms with Crippen molar-refractivity contribution in [3.63, 3.8) is 0 Å². The second-order valence-electron chi connectivity index (χ2n) is 4.67. The number of nitrogens with zero attached hydrogens (tertiary/aromatic N) is 3. The molecule has 1 fully saturated rings. The third-order valence-electron chi connectivity index (χ3n) is 3.39. The highest BCUT2D eigenvalue weighted by Gasteiger charge is 2.25. The Labute approximate surface area is 106 Å². The Morgan fingerprint density at radius 1 is 1.61 bits per heavy atom. The van der Waals surface area contributed by atoms with Crippen molar-refractivity contribution in [2.75, 3.05) is 18.0 Å². The van der Waals surface area contributed by atoms with Crippen LogP contribution in [0.3, 0.4) is 0 Å². The van der Waals surface area contributed by atoms with Gasteiger partial charge in [0.15, 0.2) is 5.84 Å². The fourth-order valence-electron chi connectivity index (χ4n) is 2.07. The van der Waals surface area contributed by atoms with E-state index in [1.54, 1.807) is 18.3 Å². The number of hydrogen-bond donors (Lipinski definition) is 3. The standard InChI is InChI=1S/C12H18N4O2/c1-8-3-5-16(7-10(8)17)11-6-9(2-4-14-11)12(13)15-18/h2,4,6,8,10,17-18H,3,5,7H2,1H3,(H2,13,15). The maximum absolute atomic E-state index is 9.88. The molecular formula is C12H18N4O2. The van der Waals surface area contributed by atoms with Crippen molar-refractivity contribution >= 4 is 11.7 Å². The summed E-state index contributed by atoms with van der Waals surface area (Å²) < 4.78 is 0. The minimum Gasteiger partial charge on any atom is -0.409 e. The molecule has 6 nitrogen and oxygen atoms in total. The van der Waals surface area contributed by atoms with Crippen LogP contribution in [0.2, 0.25) is 0 Å². The maximum atomic E-state index is 9.88. The largest absolute Gasteiger partial charge is 0.409 e. The first-order valence-electron chi connectivity index (χ1n) is 5.98. The second kappa shape index (κ2) is 5.22. The van der Waals surface area contributed by atoms with Gasteiger partial charge in [0.05, 0.1) is 6.10 Å². The van der Waals surface area contributed by atoms with Crippen molar-refractivity contribution in [2.45, 2.75) is 19.4 Å². The number of aromatic nitrogens is 1. The number of aliphatic hydroxyl groups excluding tert-OH is 1. The zero-order chi connectivity index (χ0) is 13.1. The van der Waals surface area contributed by atoms with E-state index in [0.29, 0.717) is 18.0 Å². The van der Waals surface area contributed by atoms with Crippen molar-refractivity contribution in [1.29, 1.82) is 0 Å². The molecule has 0 amide bonds. The van der Waals surface area contributed by atoms with E-state index in [-0.39, 0.29) is 11.9 Å². The van der Waals surface area contributed by atoms with Gasteiger partial charge in [-0.15, -0.1) is 0 Å². The number of piperidine rings is 1. The van der Waals surface area contributed by atoms with Gasteiger partial charge in [0.1, 0.15) is 5.82 Å². The van der Waals surface area contributed by atoms with E-state index in [2.05, 4.69) is 10.1 Å². The second-order valence-corrected chi connectivity index (χ2v) is 4.67. The van der Waals surface area contributed by atoms with Crippen molar-refractivity contribution in [1.82, 2.24) is 4.98 Å². The van der Waals surface area contributed by atoms with E-state index in [1.807, 2.05) is 11.8 Å². The number of aliphatic hydroxyl groups is 1. The van der Waals surface area contributed by atoms with Gasteiger partial charge in [-0.2, -0.15) is 0 Å². The fraction of sp³-hybridized carbons (Fsp3) is 0.500. The molecule has 18 heavy (non-hydrogen) atoms. The van der Waals surface area contributed by atoms with Crippen molar-refractivity contribution in [2.24, 2.45) is 16.8 Å². The van der Waals surface area contributed by atoms with Crippen LogP contribution in [0, 0.1) is 5.92 Å². The van der Waals surface area contributed by atoms with E-state index >= 15 is 0 Å². The SMILES string of the molecule is CC1CCN(c2cc(/C(N)=N/O)ccn2)CC1O. The highest BCUT2D eigenvalue weighted by atomic mass is 16.4. The molecule has 0 radical (unpaired) electrons. The lowest BCUT2D eigenvalue weighted by atomic mass is 9.96. The summed E-state index contributed by atoms with van der Waals surface area (Å²) in [6, 6.07) is 3.44. The topological polar surface area (TPSA) is 95.0 Å². The van der Waals surface area contributed by atoms with E-state index in [1.165, 1.54) is 0 Å². The van der Waals surface area contributed by atoms with Gasteiger partial charge in [-0.3, -0.25) is 0 Å². The Morgan fingerprint density at radius 2 is 2.39 bits per heavy atom. The van der Waals surface area contributed by atoms with Gasteiger partial charge in [0.25, 0.3) is 0 Å². The molecule has 0 aromatic carbocycles. The highest BCUT2D eigenvalue weighted by molar-refractivity contribution is 5.97. The minimum atomic E-state index is -0.340. The smallest absolute Gasteiger partial charge is 0.170 e. The minimum absolute atomic E-state index is 0.0598. The van der Waals surface area contributed by atoms with Gasteiger partial charge in [-0.1, -0.05) is 12.1 Å². The highest BCUT2D eigenvalue weighted by Crippen LogP contribution is 2.22. The summed E-state index contributed by atoms with van der Waals surface area (Å²) in [5, 5.41) is 21.5. The van der Waals surface area contributed by atoms with Gasteiger partial charge in [0.2, 0.25) is 0 Å². The van der Waals surface area contributed by atoms with Gasteiger partial charge in [-0.25, -0.2) is 4.98 Å². The third-order valence-corrected chi connectivity index (χ3v) is 3.39. The third kappa shape index (κ3) is 2.53. The van der Waals surface area contributed by atoms with Crippen LogP contribution in [0.15, 0.2) is 23.5 Å². The van der Waals surface area contributed by atoms with E-state index < -0.39 is 0 Å². The average molecular weight is 250 g/mol. The van der Waals surface area contributed by atoms with Crippen LogP contribution in [0.5, 0.6) is 0 Å². The molecule has 4 N–H and O–H groups in total. The molecule has 2 atom stereocenters. The number of rotatable bonds is 2. The van der Waals surface area contributed by atoms with Gasteiger partial charge in [-0.05, 0) is 24.5 Å². The number of hydrogen-bond acceptors (Lipinski definition) is 5. The number of anilines is 1. The van der Waals surface area contributed by atoms with Crippen LogP contribution in [-0.4, -0.2) is 40.3 Å². The van der Waals surface area contributed by atoms with Crippen LogP contribution >= 0.6 is 0 Å². The molecule has 0 spiro atoms. The van der Waals surface area contributed by atoms with Crippen molar-refractivity contribution in [3.8, 4) is 0 Å². The molecule has 1 aliphatic heterocycles. The Kier molecular flexibility index (Phi) is 3.66. The first-order chi connectivity index (χ1) is 8.61. The first-order valence-corrected chi connectivity index (χ1v) is 5.98. The van der Waals surface area contributed by atoms with Gasteiger partial charge < -0.3 is 20.9 Å². The Balaban J connectivity index is 2.19. The Morgan fingerprint density at radius 3 is 3.06 bits per heavy atom. The van der Waals surface area contributed by atoms with Crippen LogP contribution in [0.1, 0.15) is 18.9 Å². The quantitative estimate of drug-likeness (QED) is 0.305. The summed E-state index contributed by atoms with van der Waals surface area (Å²) >= 11 is 0. The molecule has 1 aliphatic rings. The van der Waals surface area contributed by atoms with Crippen molar-refractivity contribution < 1.29 is 10.3 Å². The van der Waals surface area contributed by atoms with E-state index in [4.69, 9.17) is 10.9 Å². The lowest BCUT2D eigenvalue weighted by molar-refractivity contribution is 0.102. The lowest BCUT2D eigenvalue weighted by Crippen LogP contribution is -2.43. The van der Waals surface area contributed by atoms with Gasteiger partial charge in [0, 0.05) is 24.8 Å². The van der Waals surface area contributed by atoms with Crippen LogP contribution in [-0.2, 0) is 0 Å². The van der Waals surface area contributed by atoms with Crippen molar-refractivity contribution in [3.05, 3.63) is 23.9 Å². The molecule has 2 heterocycles. The molecular weight excluding hydrogens is 232 g/mol. The molecule has 1 aromatic rings. The molecule has 0 saturated carbocycles. The Bertz CT molecular complexity index is 449. The summed E-state index contributed by atoms with van der Waals surface area (Å²) in [5.41, 5.74) is 6.17. The summed E-state index contributed by atoms with van der Waals surface area (Å²) in [6.07, 6.45) is 2.21. The number of oxime groups is 1. The number of amidine groups is 1. The fourth-order valence-corrected chi connectivity index (χ4v) is 2.07. The zero-order valence-corrected chi connectivity index (χ0v) is 10.3. The summed E-state index contributed by atoms with van der Waals surface area (Å²) in [5.74, 6) is 1.11. The lowest BCUT2D eigenvalue weighted by Gasteiger charge is -2.35. The molecule has 98 valence electrons. The normalized spacial score (nSPS) is 25.2. The van der Waals surface area contributed by atoms with Crippen LogP contribution in [0.25, 0.3) is 0 Å². The molecule has 2 rings (SSSR count). The number of β-amino-alcohol motifs (C(OH)–C–C–N with tert-alkyl or cyclic N) is 1. The summed E-state index contributed by atoms with van der Waals surface area (Å²) in [6.45, 7) is 3.46. The van der Waals surface area contributed by atoms with Crippen LogP contribution in [0.4, 0.5) is 5.82 Å². The number of nitrogens with two attached hydrogens (primary N) is 1. The average Bonchev–Trinajstić information content (AvgIpc) is 2.41. The summed E-state index contributed by atoms with van der Waals surface area (Å²) in [7, 11) is 0. The first kappa shape index (κ1) is 12.6. The van der Waals surface area contributed by atoms with Gasteiger partial charge >= 0.3 is 0 Å². The Hall–Kier alpha value is -1.82. The molecule has 1 aromatic heterocycles. The molecule has 0 aliphatic carbocycles. The summed E-state index contributed by atoms with van der Waals surface area (Å²) in [4.78, 5) is 6.27. The maximum Gasteiger partial charge on any atom is 0.170 e. The van der Waals surface area contributed by atoms with E-state index in [9.17, 15) is 5.11 Å². The molecule has 0 bridgehead atoms. The predicted molar refractivity (Wildman–Crippen MR) is 68.7 cm³/mol. The predicted octanol–water partition coefficient (Wildman–Crippen LogP) is 0.383. The number of pyridine rings is 1.